The largest absolute Gasteiger partial charge is 0.497 e. The van der Waals surface area contributed by atoms with E-state index >= 15 is 0 Å². The highest BCUT2D eigenvalue weighted by Crippen LogP contribution is 2.20. The molecule has 0 fully saturated rings. The second-order valence-electron chi connectivity index (χ2n) is 4.36. The van der Waals surface area contributed by atoms with Crippen LogP contribution in [0.4, 0.5) is 0 Å². The molecule has 0 bridgehead atoms. The molecule has 3 heteroatoms. The number of rotatable bonds is 7. The Morgan fingerprint density at radius 3 is 2.41 bits per heavy atom. The average molecular weight is 236 g/mol. The van der Waals surface area contributed by atoms with Gasteiger partial charge in [0.2, 0.25) is 0 Å². The van der Waals surface area contributed by atoms with Gasteiger partial charge in [0.05, 0.1) is 7.11 Å². The molecule has 4 N–H and O–H groups in total. The van der Waals surface area contributed by atoms with Gasteiger partial charge in [0.25, 0.3) is 0 Å². The van der Waals surface area contributed by atoms with Gasteiger partial charge in [-0.3, -0.25) is 0 Å². The topological polar surface area (TPSA) is 61.3 Å². The zero-order valence-corrected chi connectivity index (χ0v) is 10.9. The zero-order valence-electron chi connectivity index (χ0n) is 10.9. The van der Waals surface area contributed by atoms with Gasteiger partial charge in [-0.25, -0.2) is 0 Å². The summed E-state index contributed by atoms with van der Waals surface area (Å²) in [4.78, 5) is 0. The van der Waals surface area contributed by atoms with Crippen LogP contribution < -0.4 is 16.2 Å². The van der Waals surface area contributed by atoms with E-state index in [-0.39, 0.29) is 0 Å². The number of hydrogen-bond donors (Lipinski definition) is 2. The molecule has 17 heavy (non-hydrogen) atoms. The molecule has 0 aliphatic carbocycles. The van der Waals surface area contributed by atoms with Gasteiger partial charge < -0.3 is 16.2 Å². The Bertz CT molecular complexity index is 335. The predicted molar refractivity (Wildman–Crippen MR) is 72.3 cm³/mol. The number of hydrogen-bond acceptors (Lipinski definition) is 3. The van der Waals surface area contributed by atoms with Crippen molar-refractivity contribution in [2.75, 3.05) is 20.2 Å². The average Bonchev–Trinajstić information content (AvgIpc) is 2.39. The highest BCUT2D eigenvalue weighted by atomic mass is 16.5. The van der Waals surface area contributed by atoms with E-state index in [9.17, 15) is 0 Å². The maximum absolute atomic E-state index is 5.66. The fourth-order valence-corrected chi connectivity index (χ4v) is 1.99. The molecule has 96 valence electrons. The van der Waals surface area contributed by atoms with Crippen LogP contribution in [0, 0.1) is 5.92 Å². The third kappa shape index (κ3) is 4.02. The molecule has 0 saturated carbocycles. The molecular weight excluding hydrogens is 212 g/mol. The Morgan fingerprint density at radius 2 is 1.88 bits per heavy atom. The lowest BCUT2D eigenvalue weighted by Crippen LogP contribution is -2.23. The van der Waals surface area contributed by atoms with Gasteiger partial charge in [-0.1, -0.05) is 13.0 Å². The molecule has 0 saturated heterocycles. The molecule has 0 spiro atoms. The van der Waals surface area contributed by atoms with Crippen molar-refractivity contribution in [1.82, 2.24) is 0 Å². The Balaban J connectivity index is 2.70. The first kappa shape index (κ1) is 14.0. The zero-order chi connectivity index (χ0) is 12.7. The first-order valence-electron chi connectivity index (χ1n) is 6.31. The summed E-state index contributed by atoms with van der Waals surface area (Å²) in [5.74, 6) is 1.36. The van der Waals surface area contributed by atoms with E-state index in [1.807, 2.05) is 6.07 Å². The van der Waals surface area contributed by atoms with Crippen LogP contribution >= 0.6 is 0 Å². The normalized spacial score (nSPS) is 10.9. The highest BCUT2D eigenvalue weighted by Gasteiger charge is 2.07. The van der Waals surface area contributed by atoms with Crippen molar-refractivity contribution in [3.63, 3.8) is 0 Å². The number of benzene rings is 1. The first-order valence-corrected chi connectivity index (χ1v) is 6.31. The maximum atomic E-state index is 5.66. The van der Waals surface area contributed by atoms with Gasteiger partial charge in [0.1, 0.15) is 5.75 Å². The van der Waals surface area contributed by atoms with Crippen LogP contribution in [0.5, 0.6) is 5.75 Å². The summed E-state index contributed by atoms with van der Waals surface area (Å²) in [6.07, 6.45) is 3.14. The number of aryl methyl sites for hydroxylation is 2. The van der Waals surface area contributed by atoms with Crippen molar-refractivity contribution in [3.05, 3.63) is 29.3 Å². The van der Waals surface area contributed by atoms with Crippen molar-refractivity contribution in [2.45, 2.75) is 26.2 Å². The molecule has 1 aromatic carbocycles. The Morgan fingerprint density at radius 1 is 1.18 bits per heavy atom. The Hall–Kier alpha value is -1.06. The summed E-state index contributed by atoms with van der Waals surface area (Å²) >= 11 is 0. The minimum atomic E-state index is 0.432. The molecule has 0 aromatic heterocycles. The molecule has 0 atom stereocenters. The molecule has 0 unspecified atom stereocenters. The lowest BCUT2D eigenvalue weighted by molar-refractivity contribution is 0.414. The SMILES string of the molecule is CCc1cc(OC)ccc1CCC(CN)CN. The standard InChI is InChI=1S/C14H24N2O/c1-3-12-8-14(17-2)7-6-13(12)5-4-11(9-15)10-16/h6-8,11H,3-5,9-10,15-16H2,1-2H3. The van der Waals surface area contributed by atoms with Crippen molar-refractivity contribution in [2.24, 2.45) is 17.4 Å². The van der Waals surface area contributed by atoms with Gasteiger partial charge in [-0.2, -0.15) is 0 Å². The summed E-state index contributed by atoms with van der Waals surface area (Å²) in [6, 6.07) is 6.30. The van der Waals surface area contributed by atoms with Gasteiger partial charge in [0, 0.05) is 0 Å². The minimum Gasteiger partial charge on any atom is -0.497 e. The maximum Gasteiger partial charge on any atom is 0.119 e. The number of nitrogens with two attached hydrogens (primary N) is 2. The van der Waals surface area contributed by atoms with Crippen LogP contribution in [0.1, 0.15) is 24.5 Å². The van der Waals surface area contributed by atoms with Crippen LogP contribution in [0.25, 0.3) is 0 Å². The fraction of sp³-hybridized carbons (Fsp3) is 0.571. The summed E-state index contributed by atoms with van der Waals surface area (Å²) < 4.78 is 5.24. The van der Waals surface area contributed by atoms with Gasteiger partial charge in [-0.15, -0.1) is 0 Å². The summed E-state index contributed by atoms with van der Waals surface area (Å²) in [6.45, 7) is 3.52. The molecule has 0 aliphatic heterocycles. The van der Waals surface area contributed by atoms with Crippen molar-refractivity contribution in [3.8, 4) is 5.75 Å². The quantitative estimate of drug-likeness (QED) is 0.758. The predicted octanol–water partition coefficient (Wildman–Crippen LogP) is 1.72. The minimum absolute atomic E-state index is 0.432. The number of ether oxygens (including phenoxy) is 1. The molecule has 1 rings (SSSR count). The molecular formula is C14H24N2O. The van der Waals surface area contributed by atoms with E-state index in [1.165, 1.54) is 11.1 Å². The van der Waals surface area contributed by atoms with E-state index in [0.717, 1.165) is 25.0 Å². The third-order valence-corrected chi connectivity index (χ3v) is 3.28. The third-order valence-electron chi connectivity index (χ3n) is 3.28. The monoisotopic (exact) mass is 236 g/mol. The second kappa shape index (κ2) is 7.30. The van der Waals surface area contributed by atoms with Gasteiger partial charge >= 0.3 is 0 Å². The van der Waals surface area contributed by atoms with Crippen LogP contribution in [0.3, 0.4) is 0 Å². The van der Waals surface area contributed by atoms with E-state index < -0.39 is 0 Å². The Kier molecular flexibility index (Phi) is 6.01. The van der Waals surface area contributed by atoms with Crippen LogP contribution in [-0.4, -0.2) is 20.2 Å². The van der Waals surface area contributed by atoms with Crippen molar-refractivity contribution in [1.29, 1.82) is 0 Å². The van der Waals surface area contributed by atoms with E-state index in [1.54, 1.807) is 7.11 Å². The van der Waals surface area contributed by atoms with Crippen LogP contribution in [-0.2, 0) is 12.8 Å². The van der Waals surface area contributed by atoms with Crippen molar-refractivity contribution >= 4 is 0 Å². The highest BCUT2D eigenvalue weighted by molar-refractivity contribution is 5.35. The van der Waals surface area contributed by atoms with E-state index in [4.69, 9.17) is 16.2 Å². The summed E-state index contributed by atoms with van der Waals surface area (Å²) in [7, 11) is 1.70. The molecule has 0 aliphatic rings. The van der Waals surface area contributed by atoms with Gasteiger partial charge in [-0.05, 0) is 61.5 Å². The molecule has 3 nitrogen and oxygen atoms in total. The lowest BCUT2D eigenvalue weighted by atomic mass is 9.95. The van der Waals surface area contributed by atoms with Crippen molar-refractivity contribution < 1.29 is 4.74 Å². The summed E-state index contributed by atoms with van der Waals surface area (Å²) in [5.41, 5.74) is 14.1. The molecule has 1 aromatic rings. The molecule has 0 radical (unpaired) electrons. The smallest absolute Gasteiger partial charge is 0.119 e. The first-order chi connectivity index (χ1) is 8.24. The van der Waals surface area contributed by atoms with Crippen LogP contribution in [0.2, 0.25) is 0 Å². The lowest BCUT2D eigenvalue weighted by Gasteiger charge is -2.14. The molecule has 0 amide bonds. The van der Waals surface area contributed by atoms with Crippen LogP contribution in [0.15, 0.2) is 18.2 Å². The van der Waals surface area contributed by atoms with E-state index in [0.29, 0.717) is 19.0 Å². The summed E-state index contributed by atoms with van der Waals surface area (Å²) in [5, 5.41) is 0. The van der Waals surface area contributed by atoms with E-state index in [2.05, 4.69) is 19.1 Å². The second-order valence-corrected chi connectivity index (χ2v) is 4.36. The van der Waals surface area contributed by atoms with Gasteiger partial charge in [0.15, 0.2) is 0 Å². The Labute approximate surface area is 104 Å². The number of methoxy groups -OCH3 is 1. The molecule has 0 heterocycles. The fourth-order valence-electron chi connectivity index (χ4n) is 1.99.